The Morgan fingerprint density at radius 3 is 2.00 bits per heavy atom. The smallest absolute Gasteiger partial charge is 0.152 e. The maximum Gasteiger partial charge on any atom is 0.152 e. The van der Waals surface area contributed by atoms with Crippen LogP contribution in [0, 0.1) is 0 Å². The molecule has 0 unspecified atom stereocenters. The van der Waals surface area contributed by atoms with E-state index in [0.717, 1.165) is 0 Å². The molecule has 0 rings (SSSR count). The molecule has 0 bridgehead atoms. The quantitative estimate of drug-likeness (QED) is 0.528. The molecule has 1 nitrogen and oxygen atoms in total. The number of alkyl halides is 1. The second-order valence-electron chi connectivity index (χ2n) is 2.25. The lowest BCUT2D eigenvalue weighted by atomic mass is 10.1. The van der Waals surface area contributed by atoms with Crippen molar-refractivity contribution in [2.24, 2.45) is 0 Å². The first-order valence-corrected chi connectivity index (χ1v) is 3.08. The van der Waals surface area contributed by atoms with Crippen LogP contribution in [0.4, 0.5) is 0 Å². The molecule has 0 aliphatic rings. The lowest BCUT2D eigenvalue weighted by molar-refractivity contribution is -0.120. The normalized spacial score (nSPS) is 11.5. The van der Waals surface area contributed by atoms with Crippen molar-refractivity contribution in [2.45, 2.75) is 32.1 Å². The Morgan fingerprint density at radius 2 is 2.00 bits per heavy atom. The van der Waals surface area contributed by atoms with Gasteiger partial charge >= 0.3 is 0 Å². The standard InChI is InChI=1S/C6H11ClO/c1-4-5(8)6(2,3)7/h4H2,1-3H3. The summed E-state index contributed by atoms with van der Waals surface area (Å²) in [5.41, 5.74) is 0. The number of carbonyl (C=O) groups is 1. The zero-order valence-electron chi connectivity index (χ0n) is 5.49. The van der Waals surface area contributed by atoms with E-state index >= 15 is 0 Å². The minimum atomic E-state index is -0.658. The van der Waals surface area contributed by atoms with E-state index < -0.39 is 4.87 Å². The number of hydrogen-bond donors (Lipinski definition) is 0. The minimum absolute atomic E-state index is 0.0965. The van der Waals surface area contributed by atoms with Crippen molar-refractivity contribution in [3.63, 3.8) is 0 Å². The van der Waals surface area contributed by atoms with E-state index in [-0.39, 0.29) is 5.78 Å². The fourth-order valence-electron chi connectivity index (χ4n) is 0.420. The number of rotatable bonds is 2. The predicted octanol–water partition coefficient (Wildman–Crippen LogP) is 1.98. The molecule has 0 N–H and O–H groups in total. The molecule has 2 heteroatoms. The SMILES string of the molecule is CCC(=O)C(C)(C)Cl. The largest absolute Gasteiger partial charge is 0.298 e. The molecular formula is C6H11ClO. The second kappa shape index (κ2) is 2.49. The fraction of sp³-hybridized carbons (Fsp3) is 0.833. The Hall–Kier alpha value is -0.0400. The number of carbonyl (C=O) groups excluding carboxylic acids is 1. The summed E-state index contributed by atoms with van der Waals surface area (Å²) in [6.07, 6.45) is 0.524. The van der Waals surface area contributed by atoms with E-state index in [9.17, 15) is 4.79 Å². The molecule has 8 heavy (non-hydrogen) atoms. The van der Waals surface area contributed by atoms with Crippen molar-refractivity contribution >= 4 is 17.4 Å². The maximum atomic E-state index is 10.7. The molecule has 0 aromatic rings. The molecule has 0 fully saturated rings. The van der Waals surface area contributed by atoms with Crippen molar-refractivity contribution in [1.29, 1.82) is 0 Å². The number of ketones is 1. The van der Waals surface area contributed by atoms with Crippen LogP contribution in [-0.2, 0) is 4.79 Å². The zero-order chi connectivity index (χ0) is 6.78. The van der Waals surface area contributed by atoms with Gasteiger partial charge in [0.25, 0.3) is 0 Å². The molecular weight excluding hydrogens is 124 g/mol. The molecule has 0 saturated heterocycles. The number of Topliss-reactive ketones (excluding diaryl/α,β-unsaturated/α-hetero) is 1. The van der Waals surface area contributed by atoms with E-state index in [1.54, 1.807) is 13.8 Å². The van der Waals surface area contributed by atoms with Crippen molar-refractivity contribution in [1.82, 2.24) is 0 Å². The Labute approximate surface area is 55.0 Å². The Kier molecular flexibility index (Phi) is 2.48. The van der Waals surface area contributed by atoms with Crippen molar-refractivity contribution in [3.05, 3.63) is 0 Å². The summed E-state index contributed by atoms with van der Waals surface area (Å²) in [4.78, 5) is 10.0. The van der Waals surface area contributed by atoms with E-state index in [2.05, 4.69) is 0 Å². The van der Waals surface area contributed by atoms with Crippen LogP contribution in [0.2, 0.25) is 0 Å². The van der Waals surface area contributed by atoms with Gasteiger partial charge in [0.05, 0.1) is 4.87 Å². The van der Waals surface area contributed by atoms with Crippen LogP contribution in [0.25, 0.3) is 0 Å². The summed E-state index contributed by atoms with van der Waals surface area (Å²) in [5.74, 6) is 0.0965. The molecule has 0 aromatic carbocycles. The highest BCUT2D eigenvalue weighted by molar-refractivity contribution is 6.34. The lowest BCUT2D eigenvalue weighted by Gasteiger charge is -2.10. The van der Waals surface area contributed by atoms with Crippen LogP contribution >= 0.6 is 11.6 Å². The number of halogens is 1. The lowest BCUT2D eigenvalue weighted by Crippen LogP contribution is -2.23. The van der Waals surface area contributed by atoms with Gasteiger partial charge in [0.2, 0.25) is 0 Å². The van der Waals surface area contributed by atoms with Gasteiger partial charge in [-0.1, -0.05) is 6.92 Å². The predicted molar refractivity (Wildman–Crippen MR) is 35.2 cm³/mol. The van der Waals surface area contributed by atoms with Gasteiger partial charge in [-0.3, -0.25) is 4.79 Å². The topological polar surface area (TPSA) is 17.1 Å². The molecule has 48 valence electrons. The highest BCUT2D eigenvalue weighted by atomic mass is 35.5. The van der Waals surface area contributed by atoms with Crippen LogP contribution < -0.4 is 0 Å². The van der Waals surface area contributed by atoms with Crippen LogP contribution in [0.3, 0.4) is 0 Å². The molecule has 0 aromatic heterocycles. The van der Waals surface area contributed by atoms with Gasteiger partial charge < -0.3 is 0 Å². The van der Waals surface area contributed by atoms with Gasteiger partial charge in [-0.25, -0.2) is 0 Å². The maximum absolute atomic E-state index is 10.7. The van der Waals surface area contributed by atoms with Crippen LogP contribution in [0.1, 0.15) is 27.2 Å². The number of hydrogen-bond acceptors (Lipinski definition) is 1. The molecule has 0 aliphatic heterocycles. The first-order valence-electron chi connectivity index (χ1n) is 2.70. The summed E-state index contributed by atoms with van der Waals surface area (Å²) >= 11 is 5.63. The molecule has 0 aliphatic carbocycles. The monoisotopic (exact) mass is 134 g/mol. The van der Waals surface area contributed by atoms with Gasteiger partial charge in [0, 0.05) is 6.42 Å². The van der Waals surface area contributed by atoms with Gasteiger partial charge in [0.15, 0.2) is 5.78 Å². The van der Waals surface area contributed by atoms with Crippen LogP contribution in [0.5, 0.6) is 0 Å². The molecule has 0 atom stereocenters. The molecule has 0 radical (unpaired) electrons. The third kappa shape index (κ3) is 2.31. The molecule has 0 saturated carbocycles. The third-order valence-electron chi connectivity index (χ3n) is 0.984. The summed E-state index contributed by atoms with van der Waals surface area (Å²) < 4.78 is 0. The van der Waals surface area contributed by atoms with Crippen LogP contribution in [-0.4, -0.2) is 10.7 Å². The third-order valence-corrected chi connectivity index (χ3v) is 1.19. The molecule has 0 spiro atoms. The summed E-state index contributed by atoms with van der Waals surface area (Å²) in [6, 6.07) is 0. The fourth-order valence-corrected chi connectivity index (χ4v) is 0.554. The van der Waals surface area contributed by atoms with Crippen molar-refractivity contribution in [3.8, 4) is 0 Å². The van der Waals surface area contributed by atoms with E-state index in [4.69, 9.17) is 11.6 Å². The van der Waals surface area contributed by atoms with E-state index in [1.165, 1.54) is 0 Å². The Balaban J connectivity index is 3.82. The first kappa shape index (κ1) is 7.96. The summed E-state index contributed by atoms with van der Waals surface area (Å²) in [6.45, 7) is 5.23. The van der Waals surface area contributed by atoms with E-state index in [1.807, 2.05) is 6.92 Å². The minimum Gasteiger partial charge on any atom is -0.298 e. The van der Waals surface area contributed by atoms with Gasteiger partial charge in [-0.05, 0) is 13.8 Å². The van der Waals surface area contributed by atoms with Gasteiger partial charge in [-0.15, -0.1) is 11.6 Å². The summed E-state index contributed by atoms with van der Waals surface area (Å²) in [5, 5.41) is 0. The second-order valence-corrected chi connectivity index (χ2v) is 3.19. The van der Waals surface area contributed by atoms with Gasteiger partial charge in [0.1, 0.15) is 0 Å². The van der Waals surface area contributed by atoms with Gasteiger partial charge in [-0.2, -0.15) is 0 Å². The molecule has 0 heterocycles. The average Bonchev–Trinajstić information content (AvgIpc) is 1.62. The van der Waals surface area contributed by atoms with Crippen molar-refractivity contribution in [2.75, 3.05) is 0 Å². The van der Waals surface area contributed by atoms with Crippen molar-refractivity contribution < 1.29 is 4.79 Å². The highest BCUT2D eigenvalue weighted by Gasteiger charge is 2.21. The Morgan fingerprint density at radius 1 is 1.62 bits per heavy atom. The molecule has 0 amide bonds. The highest BCUT2D eigenvalue weighted by Crippen LogP contribution is 2.14. The first-order chi connectivity index (χ1) is 3.48. The van der Waals surface area contributed by atoms with E-state index in [0.29, 0.717) is 6.42 Å². The zero-order valence-corrected chi connectivity index (χ0v) is 6.25. The van der Waals surface area contributed by atoms with Crippen LogP contribution in [0.15, 0.2) is 0 Å². The Bertz CT molecular complexity index is 91.2. The average molecular weight is 135 g/mol. The summed E-state index contributed by atoms with van der Waals surface area (Å²) in [7, 11) is 0.